The standard InChI is InChI=1S/C26H26N2O5/c29-25(28-24-4-2-1-3-23(24)26(30)31)17-18-5-7-19(8-6-18)32-20-9-11-21(12-10-20)33-22-13-15-27-16-14-22/h1-12,22,27H,13-17H2,(H,28,29)(H,30,31). The maximum Gasteiger partial charge on any atom is 0.337 e. The molecule has 1 fully saturated rings. The second-order valence-electron chi connectivity index (χ2n) is 7.86. The fourth-order valence-electron chi connectivity index (χ4n) is 3.66. The quantitative estimate of drug-likeness (QED) is 0.472. The highest BCUT2D eigenvalue weighted by Gasteiger charge is 2.14. The second kappa shape index (κ2) is 10.7. The number of carbonyl (C=O) groups is 2. The van der Waals surface area contributed by atoms with Crippen molar-refractivity contribution in [3.05, 3.63) is 83.9 Å². The largest absolute Gasteiger partial charge is 0.490 e. The predicted molar refractivity (Wildman–Crippen MR) is 125 cm³/mol. The van der Waals surface area contributed by atoms with Crippen LogP contribution in [0.3, 0.4) is 0 Å². The summed E-state index contributed by atoms with van der Waals surface area (Å²) in [5.41, 5.74) is 1.13. The molecule has 0 radical (unpaired) electrons. The molecule has 0 bridgehead atoms. The Balaban J connectivity index is 1.30. The number of rotatable bonds is 8. The van der Waals surface area contributed by atoms with E-state index in [1.165, 1.54) is 6.07 Å². The van der Waals surface area contributed by atoms with Crippen LogP contribution in [0.5, 0.6) is 17.2 Å². The van der Waals surface area contributed by atoms with Crippen molar-refractivity contribution in [1.82, 2.24) is 5.32 Å². The van der Waals surface area contributed by atoms with Gasteiger partial charge in [-0.2, -0.15) is 0 Å². The highest BCUT2D eigenvalue weighted by molar-refractivity contribution is 6.00. The molecular formula is C26H26N2O5. The Labute approximate surface area is 192 Å². The Morgan fingerprint density at radius 1 is 0.879 bits per heavy atom. The molecule has 3 aromatic carbocycles. The number of carbonyl (C=O) groups excluding carboxylic acids is 1. The van der Waals surface area contributed by atoms with Crippen LogP contribution in [-0.4, -0.2) is 36.2 Å². The van der Waals surface area contributed by atoms with Crippen molar-refractivity contribution in [2.24, 2.45) is 0 Å². The van der Waals surface area contributed by atoms with Crippen LogP contribution in [0.15, 0.2) is 72.8 Å². The van der Waals surface area contributed by atoms with Crippen LogP contribution in [0.25, 0.3) is 0 Å². The number of aromatic carboxylic acids is 1. The van der Waals surface area contributed by atoms with Crippen molar-refractivity contribution in [3.8, 4) is 17.2 Å². The zero-order chi connectivity index (χ0) is 23.0. The van der Waals surface area contributed by atoms with Crippen LogP contribution in [0.2, 0.25) is 0 Å². The van der Waals surface area contributed by atoms with E-state index in [1.54, 1.807) is 30.3 Å². The Hall–Kier alpha value is -3.84. The van der Waals surface area contributed by atoms with E-state index in [0.717, 1.165) is 37.2 Å². The molecular weight excluding hydrogens is 420 g/mol. The minimum atomic E-state index is -1.08. The van der Waals surface area contributed by atoms with Gasteiger partial charge in [0.05, 0.1) is 17.7 Å². The number of nitrogens with one attached hydrogen (secondary N) is 2. The summed E-state index contributed by atoms with van der Waals surface area (Å²) in [7, 11) is 0. The number of carboxylic acids is 1. The van der Waals surface area contributed by atoms with Crippen LogP contribution in [0, 0.1) is 0 Å². The number of hydrogen-bond acceptors (Lipinski definition) is 5. The molecule has 0 aliphatic carbocycles. The van der Waals surface area contributed by atoms with Crippen molar-refractivity contribution in [1.29, 1.82) is 0 Å². The zero-order valence-electron chi connectivity index (χ0n) is 18.1. The fourth-order valence-corrected chi connectivity index (χ4v) is 3.66. The van der Waals surface area contributed by atoms with Gasteiger partial charge in [-0.05, 0) is 80.0 Å². The minimum Gasteiger partial charge on any atom is -0.490 e. The van der Waals surface area contributed by atoms with Gasteiger partial charge in [-0.3, -0.25) is 4.79 Å². The Morgan fingerprint density at radius 3 is 2.15 bits per heavy atom. The van der Waals surface area contributed by atoms with Gasteiger partial charge in [0.15, 0.2) is 0 Å². The second-order valence-corrected chi connectivity index (χ2v) is 7.86. The average Bonchev–Trinajstić information content (AvgIpc) is 2.82. The first-order valence-electron chi connectivity index (χ1n) is 10.9. The number of anilines is 1. The summed E-state index contributed by atoms with van der Waals surface area (Å²) in [5.74, 6) is 0.811. The van der Waals surface area contributed by atoms with Crippen LogP contribution in [0.1, 0.15) is 28.8 Å². The summed E-state index contributed by atoms with van der Waals surface area (Å²) >= 11 is 0. The van der Waals surface area contributed by atoms with Crippen LogP contribution >= 0.6 is 0 Å². The smallest absolute Gasteiger partial charge is 0.337 e. The maximum atomic E-state index is 12.4. The van der Waals surface area contributed by atoms with E-state index in [0.29, 0.717) is 11.5 Å². The molecule has 1 amide bonds. The number of piperidine rings is 1. The van der Waals surface area contributed by atoms with Gasteiger partial charge < -0.3 is 25.2 Å². The lowest BCUT2D eigenvalue weighted by Crippen LogP contribution is -2.34. The topological polar surface area (TPSA) is 96.9 Å². The number of para-hydroxylation sites is 1. The van der Waals surface area contributed by atoms with Crippen molar-refractivity contribution < 1.29 is 24.2 Å². The summed E-state index contributed by atoms with van der Waals surface area (Å²) in [6, 6.07) is 21.1. The monoisotopic (exact) mass is 446 g/mol. The molecule has 1 saturated heterocycles. The molecule has 3 N–H and O–H groups in total. The van der Waals surface area contributed by atoms with Crippen LogP contribution in [-0.2, 0) is 11.2 Å². The zero-order valence-corrected chi connectivity index (χ0v) is 18.1. The van der Waals surface area contributed by atoms with E-state index >= 15 is 0 Å². The molecule has 0 unspecified atom stereocenters. The molecule has 1 aliphatic rings. The normalized spacial score (nSPS) is 13.8. The summed E-state index contributed by atoms with van der Waals surface area (Å²) in [6.07, 6.45) is 2.39. The van der Waals surface area contributed by atoms with Crippen molar-refractivity contribution >= 4 is 17.6 Å². The molecule has 0 saturated carbocycles. The number of amides is 1. The van der Waals surface area contributed by atoms with Gasteiger partial charge in [0.2, 0.25) is 5.91 Å². The summed E-state index contributed by atoms with van der Waals surface area (Å²) in [6.45, 7) is 1.97. The van der Waals surface area contributed by atoms with Crippen molar-refractivity contribution in [2.75, 3.05) is 18.4 Å². The van der Waals surface area contributed by atoms with Crippen LogP contribution < -0.4 is 20.1 Å². The maximum absolute atomic E-state index is 12.4. The molecule has 7 nitrogen and oxygen atoms in total. The lowest BCUT2D eigenvalue weighted by Gasteiger charge is -2.23. The SMILES string of the molecule is O=C(Cc1ccc(Oc2ccc(OC3CCNCC3)cc2)cc1)Nc1ccccc1C(=O)O. The molecule has 0 spiro atoms. The minimum absolute atomic E-state index is 0.0572. The first-order chi connectivity index (χ1) is 16.1. The molecule has 0 aromatic heterocycles. The molecule has 0 atom stereocenters. The van der Waals surface area contributed by atoms with E-state index in [2.05, 4.69) is 10.6 Å². The van der Waals surface area contributed by atoms with Gasteiger partial charge in [-0.25, -0.2) is 4.79 Å². The van der Waals surface area contributed by atoms with E-state index < -0.39 is 5.97 Å². The lowest BCUT2D eigenvalue weighted by molar-refractivity contribution is -0.115. The predicted octanol–water partition coefficient (Wildman–Crippen LogP) is 4.49. The number of ether oxygens (including phenoxy) is 2. The summed E-state index contributed by atoms with van der Waals surface area (Å²) in [4.78, 5) is 23.6. The van der Waals surface area contributed by atoms with E-state index in [4.69, 9.17) is 9.47 Å². The van der Waals surface area contributed by atoms with Gasteiger partial charge in [0.25, 0.3) is 0 Å². The molecule has 1 heterocycles. The van der Waals surface area contributed by atoms with E-state index in [1.807, 2.05) is 36.4 Å². The number of hydrogen-bond donors (Lipinski definition) is 3. The number of carboxylic acid groups (broad SMARTS) is 1. The first kappa shape index (κ1) is 22.4. The third kappa shape index (κ3) is 6.33. The van der Waals surface area contributed by atoms with Crippen molar-refractivity contribution in [2.45, 2.75) is 25.4 Å². The van der Waals surface area contributed by atoms with Gasteiger partial charge in [0, 0.05) is 0 Å². The molecule has 3 aromatic rings. The molecule has 4 rings (SSSR count). The number of benzene rings is 3. The first-order valence-corrected chi connectivity index (χ1v) is 10.9. The summed E-state index contributed by atoms with van der Waals surface area (Å²) in [5, 5.41) is 15.2. The Bertz CT molecular complexity index is 1090. The van der Waals surface area contributed by atoms with E-state index in [-0.39, 0.29) is 29.7 Å². The van der Waals surface area contributed by atoms with Gasteiger partial charge in [0.1, 0.15) is 23.4 Å². The van der Waals surface area contributed by atoms with Gasteiger partial charge >= 0.3 is 5.97 Å². The fraction of sp³-hybridized carbons (Fsp3) is 0.231. The highest BCUT2D eigenvalue weighted by atomic mass is 16.5. The third-order valence-electron chi connectivity index (χ3n) is 5.37. The lowest BCUT2D eigenvalue weighted by atomic mass is 10.1. The molecule has 7 heteroatoms. The third-order valence-corrected chi connectivity index (χ3v) is 5.37. The molecule has 33 heavy (non-hydrogen) atoms. The van der Waals surface area contributed by atoms with Gasteiger partial charge in [-0.1, -0.05) is 24.3 Å². The van der Waals surface area contributed by atoms with E-state index in [9.17, 15) is 14.7 Å². The molecule has 1 aliphatic heterocycles. The highest BCUT2D eigenvalue weighted by Crippen LogP contribution is 2.25. The Morgan fingerprint density at radius 2 is 1.48 bits per heavy atom. The van der Waals surface area contributed by atoms with Crippen LogP contribution in [0.4, 0.5) is 5.69 Å². The molecule has 170 valence electrons. The van der Waals surface area contributed by atoms with Crippen molar-refractivity contribution in [3.63, 3.8) is 0 Å². The summed E-state index contributed by atoms with van der Waals surface area (Å²) < 4.78 is 11.9. The Kier molecular flexibility index (Phi) is 7.22. The average molecular weight is 447 g/mol. The van der Waals surface area contributed by atoms with Gasteiger partial charge in [-0.15, -0.1) is 0 Å².